The van der Waals surface area contributed by atoms with E-state index in [4.69, 9.17) is 4.74 Å². The summed E-state index contributed by atoms with van der Waals surface area (Å²) < 4.78 is 5.69. The van der Waals surface area contributed by atoms with E-state index in [0.717, 1.165) is 18.7 Å². The summed E-state index contributed by atoms with van der Waals surface area (Å²) in [5, 5.41) is 12.5. The second-order valence-electron chi connectivity index (χ2n) is 6.39. The van der Waals surface area contributed by atoms with Crippen LogP contribution < -0.4 is 0 Å². The quantitative estimate of drug-likeness (QED) is 0.579. The highest BCUT2D eigenvalue weighted by Gasteiger charge is 2.14. The number of hydrogen-bond acceptors (Lipinski definition) is 4. The first-order chi connectivity index (χ1) is 12.8. The second-order valence-corrected chi connectivity index (χ2v) is 7.42. The summed E-state index contributed by atoms with van der Waals surface area (Å²) in [4.78, 5) is 3.58. The van der Waals surface area contributed by atoms with Gasteiger partial charge in [-0.1, -0.05) is 66.7 Å². The molecule has 3 aromatic rings. The van der Waals surface area contributed by atoms with E-state index in [1.54, 1.807) is 11.3 Å². The Morgan fingerprint density at radius 3 is 2.19 bits per heavy atom. The maximum Gasteiger partial charge on any atom is 0.0900 e. The van der Waals surface area contributed by atoms with E-state index in [9.17, 15) is 5.11 Å². The van der Waals surface area contributed by atoms with E-state index in [0.29, 0.717) is 19.8 Å². The summed E-state index contributed by atoms with van der Waals surface area (Å²) in [5.74, 6) is 0. The molecule has 0 aliphatic carbocycles. The lowest BCUT2D eigenvalue weighted by Crippen LogP contribution is -2.34. The largest absolute Gasteiger partial charge is 0.389 e. The number of benzene rings is 2. The number of aliphatic hydroxyl groups excluding tert-OH is 1. The SMILES string of the molecule is O[C@H](COCc1ccccc1)CN(Cc1ccccc1)Cc1cccs1. The van der Waals surface area contributed by atoms with Gasteiger partial charge in [-0.15, -0.1) is 11.3 Å². The van der Waals surface area contributed by atoms with Crippen LogP contribution in [0.3, 0.4) is 0 Å². The first kappa shape index (κ1) is 18.8. The van der Waals surface area contributed by atoms with Gasteiger partial charge in [-0.05, 0) is 22.6 Å². The third-order valence-electron chi connectivity index (χ3n) is 4.10. The van der Waals surface area contributed by atoms with Gasteiger partial charge < -0.3 is 9.84 Å². The number of ether oxygens (including phenoxy) is 1. The van der Waals surface area contributed by atoms with Gasteiger partial charge in [0.05, 0.1) is 19.3 Å². The van der Waals surface area contributed by atoms with E-state index < -0.39 is 6.10 Å². The highest BCUT2D eigenvalue weighted by molar-refractivity contribution is 7.09. The third kappa shape index (κ3) is 6.39. The van der Waals surface area contributed by atoms with Crippen LogP contribution in [0.5, 0.6) is 0 Å². The summed E-state index contributed by atoms with van der Waals surface area (Å²) in [6.45, 7) is 3.10. The van der Waals surface area contributed by atoms with Crippen molar-refractivity contribution in [1.82, 2.24) is 4.90 Å². The lowest BCUT2D eigenvalue weighted by atomic mass is 10.2. The first-order valence-corrected chi connectivity index (χ1v) is 9.76. The number of nitrogens with zero attached hydrogens (tertiary/aromatic N) is 1. The molecule has 1 N–H and O–H groups in total. The van der Waals surface area contributed by atoms with Gasteiger partial charge in [0, 0.05) is 24.5 Å². The average Bonchev–Trinajstić information content (AvgIpc) is 3.16. The Morgan fingerprint density at radius 2 is 1.54 bits per heavy atom. The lowest BCUT2D eigenvalue weighted by molar-refractivity contribution is 0.00729. The van der Waals surface area contributed by atoms with Crippen molar-refractivity contribution >= 4 is 11.3 Å². The minimum absolute atomic E-state index is 0.338. The fourth-order valence-corrected chi connectivity index (χ4v) is 3.63. The number of thiophene rings is 1. The van der Waals surface area contributed by atoms with Crippen LogP contribution in [0.2, 0.25) is 0 Å². The average molecular weight is 368 g/mol. The fourth-order valence-electron chi connectivity index (χ4n) is 2.89. The molecule has 0 aliphatic heterocycles. The van der Waals surface area contributed by atoms with Crippen molar-refractivity contribution in [1.29, 1.82) is 0 Å². The molecule has 0 saturated carbocycles. The molecule has 3 rings (SSSR count). The van der Waals surface area contributed by atoms with E-state index in [1.165, 1.54) is 10.4 Å². The van der Waals surface area contributed by atoms with E-state index in [-0.39, 0.29) is 0 Å². The molecule has 1 heterocycles. The molecule has 0 radical (unpaired) electrons. The van der Waals surface area contributed by atoms with Crippen LogP contribution >= 0.6 is 11.3 Å². The zero-order valence-corrected chi connectivity index (χ0v) is 15.6. The van der Waals surface area contributed by atoms with Crippen LogP contribution in [0.1, 0.15) is 16.0 Å². The summed E-state index contributed by atoms with van der Waals surface area (Å²) in [7, 11) is 0. The summed E-state index contributed by atoms with van der Waals surface area (Å²) >= 11 is 1.75. The van der Waals surface area contributed by atoms with Crippen molar-refractivity contribution < 1.29 is 9.84 Å². The van der Waals surface area contributed by atoms with E-state index in [2.05, 4.69) is 46.7 Å². The molecule has 26 heavy (non-hydrogen) atoms. The third-order valence-corrected chi connectivity index (χ3v) is 4.96. The number of hydrogen-bond donors (Lipinski definition) is 1. The van der Waals surface area contributed by atoms with Gasteiger partial charge in [0.15, 0.2) is 0 Å². The molecule has 0 spiro atoms. The standard InChI is InChI=1S/C22H25NO2S/c24-21(18-25-17-20-10-5-2-6-11-20)15-23(16-22-12-7-13-26-22)14-19-8-3-1-4-9-19/h1-13,21,24H,14-18H2/t21-/m0/s1. The molecule has 1 aromatic heterocycles. The highest BCUT2D eigenvalue weighted by atomic mass is 32.1. The van der Waals surface area contributed by atoms with Gasteiger partial charge in [-0.3, -0.25) is 4.90 Å². The molecular weight excluding hydrogens is 342 g/mol. The molecule has 0 fully saturated rings. The van der Waals surface area contributed by atoms with Crippen LogP contribution in [0, 0.1) is 0 Å². The summed E-state index contributed by atoms with van der Waals surface area (Å²) in [6, 6.07) is 24.6. The van der Waals surface area contributed by atoms with Crippen molar-refractivity contribution in [3.8, 4) is 0 Å². The highest BCUT2D eigenvalue weighted by Crippen LogP contribution is 2.15. The molecule has 0 bridgehead atoms. The summed E-state index contributed by atoms with van der Waals surface area (Å²) in [5.41, 5.74) is 2.38. The Labute approximate surface area is 159 Å². The number of rotatable bonds is 10. The molecule has 0 amide bonds. The van der Waals surface area contributed by atoms with Crippen molar-refractivity contribution in [3.63, 3.8) is 0 Å². The van der Waals surface area contributed by atoms with Crippen molar-refractivity contribution in [3.05, 3.63) is 94.2 Å². The van der Waals surface area contributed by atoms with Gasteiger partial charge in [-0.2, -0.15) is 0 Å². The van der Waals surface area contributed by atoms with Crippen LogP contribution in [0.25, 0.3) is 0 Å². The second kappa shape index (κ2) is 10.2. The molecule has 3 nitrogen and oxygen atoms in total. The van der Waals surface area contributed by atoms with Crippen molar-refractivity contribution in [2.24, 2.45) is 0 Å². The van der Waals surface area contributed by atoms with Gasteiger partial charge in [0.1, 0.15) is 0 Å². The Hall–Kier alpha value is -1.98. The normalized spacial score (nSPS) is 12.4. The molecule has 4 heteroatoms. The van der Waals surface area contributed by atoms with Crippen LogP contribution in [-0.2, 0) is 24.4 Å². The predicted octanol–water partition coefficient (Wildman–Crippen LogP) is 4.33. The van der Waals surface area contributed by atoms with Gasteiger partial charge in [0.25, 0.3) is 0 Å². The van der Waals surface area contributed by atoms with Gasteiger partial charge in [-0.25, -0.2) is 0 Å². The molecular formula is C22H25NO2S. The molecule has 1 atom stereocenters. The lowest BCUT2D eigenvalue weighted by Gasteiger charge is -2.24. The van der Waals surface area contributed by atoms with Crippen LogP contribution in [0.15, 0.2) is 78.2 Å². The minimum Gasteiger partial charge on any atom is -0.389 e. The molecule has 0 aliphatic rings. The van der Waals surface area contributed by atoms with Crippen molar-refractivity contribution in [2.75, 3.05) is 13.2 Å². The predicted molar refractivity (Wildman–Crippen MR) is 107 cm³/mol. The zero-order chi connectivity index (χ0) is 18.0. The topological polar surface area (TPSA) is 32.7 Å². The Balaban J connectivity index is 1.52. The fraction of sp³-hybridized carbons (Fsp3) is 0.273. The monoisotopic (exact) mass is 367 g/mol. The smallest absolute Gasteiger partial charge is 0.0900 e. The van der Waals surface area contributed by atoms with Gasteiger partial charge in [0.2, 0.25) is 0 Å². The molecule has 2 aromatic carbocycles. The van der Waals surface area contributed by atoms with Crippen LogP contribution in [0.4, 0.5) is 0 Å². The van der Waals surface area contributed by atoms with Gasteiger partial charge >= 0.3 is 0 Å². The number of aliphatic hydroxyl groups is 1. The molecule has 0 saturated heterocycles. The Bertz CT molecular complexity index is 731. The Kier molecular flexibility index (Phi) is 7.40. The van der Waals surface area contributed by atoms with E-state index >= 15 is 0 Å². The Morgan fingerprint density at radius 1 is 0.846 bits per heavy atom. The van der Waals surface area contributed by atoms with Crippen LogP contribution in [-0.4, -0.2) is 29.3 Å². The van der Waals surface area contributed by atoms with E-state index in [1.807, 2.05) is 36.4 Å². The molecule has 0 unspecified atom stereocenters. The first-order valence-electron chi connectivity index (χ1n) is 8.88. The zero-order valence-electron chi connectivity index (χ0n) is 14.8. The summed E-state index contributed by atoms with van der Waals surface area (Å²) in [6.07, 6.45) is -0.512. The van der Waals surface area contributed by atoms with Crippen molar-refractivity contribution in [2.45, 2.75) is 25.8 Å². The molecule has 136 valence electrons. The maximum atomic E-state index is 10.4. The minimum atomic E-state index is -0.512. The maximum absolute atomic E-state index is 10.4.